The second-order valence-electron chi connectivity index (χ2n) is 2.17. The summed E-state index contributed by atoms with van der Waals surface area (Å²) in [5, 5.41) is 7.42. The minimum absolute atomic E-state index is 0. The molecule has 0 amide bonds. The molecule has 1 N–H and O–H groups in total. The summed E-state index contributed by atoms with van der Waals surface area (Å²) in [6.45, 7) is 3.17. The summed E-state index contributed by atoms with van der Waals surface area (Å²) < 4.78 is 0. The van der Waals surface area contributed by atoms with Crippen molar-refractivity contribution < 1.29 is 30.3 Å². The van der Waals surface area contributed by atoms with Crippen LogP contribution in [-0.2, 0) is 25.2 Å². The second kappa shape index (κ2) is 8.45. The first-order chi connectivity index (χ1) is 5.13. The van der Waals surface area contributed by atoms with Crippen molar-refractivity contribution >= 4 is 5.97 Å². The van der Waals surface area contributed by atoms with Crippen LogP contribution in [0.3, 0.4) is 0 Å². The smallest absolute Gasteiger partial charge is 0.300 e. The minimum atomic E-state index is -0.833. The maximum Gasteiger partial charge on any atom is 0.300 e. The molecule has 0 aliphatic rings. The number of aryl methyl sites for hydroxylation is 1. The van der Waals surface area contributed by atoms with Gasteiger partial charge in [0.2, 0.25) is 0 Å². The molecule has 0 heterocycles. The van der Waals surface area contributed by atoms with E-state index in [1.807, 2.05) is 18.2 Å². The van der Waals surface area contributed by atoms with Crippen LogP contribution in [0.15, 0.2) is 30.3 Å². The summed E-state index contributed by atoms with van der Waals surface area (Å²) in [7, 11) is 0. The molecule has 0 aliphatic heterocycles. The zero-order valence-electron chi connectivity index (χ0n) is 7.06. The zero-order chi connectivity index (χ0) is 8.69. The third-order valence-corrected chi connectivity index (χ3v) is 0.940. The van der Waals surface area contributed by atoms with Gasteiger partial charge in [0.05, 0.1) is 0 Å². The molecule has 70 valence electrons. The van der Waals surface area contributed by atoms with Crippen molar-refractivity contribution in [1.29, 1.82) is 0 Å². The Morgan fingerprint density at radius 3 is 1.75 bits per heavy atom. The van der Waals surface area contributed by atoms with Crippen molar-refractivity contribution in [2.24, 2.45) is 0 Å². The quantitative estimate of drug-likeness (QED) is 0.724. The van der Waals surface area contributed by atoms with Gasteiger partial charge in [-0.25, -0.2) is 0 Å². The van der Waals surface area contributed by atoms with Gasteiger partial charge in [-0.2, -0.15) is 0 Å². The number of hydrogen-bond donors (Lipinski definition) is 1. The molecule has 0 unspecified atom stereocenters. The Labute approximate surface area is 86.3 Å². The molecule has 2 nitrogen and oxygen atoms in total. The summed E-state index contributed by atoms with van der Waals surface area (Å²) in [4.78, 5) is 9.00. The van der Waals surface area contributed by atoms with Crippen molar-refractivity contribution in [3.63, 3.8) is 0 Å². The summed E-state index contributed by atoms with van der Waals surface area (Å²) in [6.07, 6.45) is 0. The van der Waals surface area contributed by atoms with Crippen molar-refractivity contribution in [3.8, 4) is 0 Å². The fourth-order valence-electron chi connectivity index (χ4n) is 0.534. The number of carbonyl (C=O) groups is 1. The molecule has 0 radical (unpaired) electrons. The fraction of sp³-hybridized carbons (Fsp3) is 0.222. The molecule has 12 heavy (non-hydrogen) atoms. The number of carboxylic acid groups (broad SMARTS) is 1. The molecule has 0 fully saturated rings. The van der Waals surface area contributed by atoms with Crippen molar-refractivity contribution in [3.05, 3.63) is 35.9 Å². The van der Waals surface area contributed by atoms with Crippen LogP contribution >= 0.6 is 0 Å². The van der Waals surface area contributed by atoms with Crippen LogP contribution < -0.4 is 0 Å². The van der Waals surface area contributed by atoms with E-state index in [0.717, 1.165) is 6.92 Å². The molecule has 0 bridgehead atoms. The molecule has 1 rings (SSSR count). The maximum absolute atomic E-state index is 9.00. The van der Waals surface area contributed by atoms with Gasteiger partial charge in [0.1, 0.15) is 0 Å². The number of benzene rings is 1. The zero-order valence-corrected chi connectivity index (χ0v) is 8.61. The molecule has 3 heteroatoms. The molecule has 0 aromatic heterocycles. The first-order valence-corrected chi connectivity index (χ1v) is 3.34. The van der Waals surface area contributed by atoms with Crippen LogP contribution in [-0.4, -0.2) is 11.1 Å². The van der Waals surface area contributed by atoms with Gasteiger partial charge >= 0.3 is 0 Å². The van der Waals surface area contributed by atoms with Crippen LogP contribution in [0, 0.1) is 6.92 Å². The topological polar surface area (TPSA) is 37.3 Å². The molecule has 0 saturated carbocycles. The Balaban J connectivity index is 0. The normalized spacial score (nSPS) is 7.17. The van der Waals surface area contributed by atoms with Crippen LogP contribution in [0.5, 0.6) is 0 Å². The van der Waals surface area contributed by atoms with Crippen LogP contribution in [0.1, 0.15) is 12.5 Å². The van der Waals surface area contributed by atoms with E-state index in [0.29, 0.717) is 0 Å². The van der Waals surface area contributed by atoms with Gasteiger partial charge < -0.3 is 5.11 Å². The molecular formula is C9H12O2Pd. The van der Waals surface area contributed by atoms with Crippen molar-refractivity contribution in [2.75, 3.05) is 0 Å². The third-order valence-electron chi connectivity index (χ3n) is 0.940. The third kappa shape index (κ3) is 12.1. The van der Waals surface area contributed by atoms with Gasteiger partial charge in [-0.15, -0.1) is 0 Å². The summed E-state index contributed by atoms with van der Waals surface area (Å²) in [6, 6.07) is 10.3. The Morgan fingerprint density at radius 2 is 1.58 bits per heavy atom. The second-order valence-corrected chi connectivity index (χ2v) is 2.17. The number of hydrogen-bond acceptors (Lipinski definition) is 1. The molecule has 0 saturated heterocycles. The Kier molecular flexibility index (Phi) is 9.79. The fourth-order valence-corrected chi connectivity index (χ4v) is 0.534. The van der Waals surface area contributed by atoms with E-state index in [4.69, 9.17) is 9.90 Å². The predicted molar refractivity (Wildman–Crippen MR) is 44.5 cm³/mol. The van der Waals surface area contributed by atoms with Crippen LogP contribution in [0.4, 0.5) is 0 Å². The van der Waals surface area contributed by atoms with E-state index >= 15 is 0 Å². The van der Waals surface area contributed by atoms with E-state index in [1.165, 1.54) is 5.56 Å². The summed E-state index contributed by atoms with van der Waals surface area (Å²) >= 11 is 0. The largest absolute Gasteiger partial charge is 0.481 e. The van der Waals surface area contributed by atoms with Gasteiger partial charge in [-0.3, -0.25) is 4.79 Å². The first kappa shape index (κ1) is 13.9. The van der Waals surface area contributed by atoms with E-state index in [2.05, 4.69) is 19.1 Å². The molecule has 0 spiro atoms. The first-order valence-electron chi connectivity index (χ1n) is 3.34. The van der Waals surface area contributed by atoms with Crippen molar-refractivity contribution in [1.82, 2.24) is 0 Å². The molecule has 0 atom stereocenters. The average Bonchev–Trinajstić information content (AvgIpc) is 1.87. The van der Waals surface area contributed by atoms with Gasteiger partial charge in [0, 0.05) is 27.3 Å². The van der Waals surface area contributed by atoms with E-state index < -0.39 is 5.97 Å². The van der Waals surface area contributed by atoms with Crippen molar-refractivity contribution in [2.45, 2.75) is 13.8 Å². The van der Waals surface area contributed by atoms with Gasteiger partial charge in [-0.1, -0.05) is 35.9 Å². The van der Waals surface area contributed by atoms with Gasteiger partial charge in [0.25, 0.3) is 5.97 Å². The monoisotopic (exact) mass is 258 g/mol. The summed E-state index contributed by atoms with van der Waals surface area (Å²) in [5.74, 6) is -0.833. The Hall–Kier alpha value is -0.648. The molecule has 1 aromatic rings. The standard InChI is InChI=1S/C7H8.C2H4O2.Pd/c1-7-5-3-2-4-6-7;1-2(3)4;/h2-6H,1H3;1H3,(H,3,4);. The number of rotatable bonds is 0. The van der Waals surface area contributed by atoms with E-state index in [9.17, 15) is 0 Å². The molecule has 0 aliphatic carbocycles. The van der Waals surface area contributed by atoms with E-state index in [1.54, 1.807) is 0 Å². The Bertz CT molecular complexity index is 205. The van der Waals surface area contributed by atoms with Crippen LogP contribution in [0.2, 0.25) is 0 Å². The molecule has 1 aromatic carbocycles. The average molecular weight is 259 g/mol. The van der Waals surface area contributed by atoms with Gasteiger partial charge in [-0.05, 0) is 6.92 Å². The summed E-state index contributed by atoms with van der Waals surface area (Å²) in [5.41, 5.74) is 1.32. The Morgan fingerprint density at radius 1 is 1.25 bits per heavy atom. The maximum atomic E-state index is 9.00. The number of aliphatic carboxylic acids is 1. The van der Waals surface area contributed by atoms with E-state index in [-0.39, 0.29) is 20.4 Å². The van der Waals surface area contributed by atoms with Crippen LogP contribution in [0.25, 0.3) is 0 Å². The number of carboxylic acids is 1. The SMILES string of the molecule is CC(=O)O.Cc1ccccc1.[Pd]. The predicted octanol–water partition coefficient (Wildman–Crippen LogP) is 2.08. The van der Waals surface area contributed by atoms with Gasteiger partial charge in [0.15, 0.2) is 0 Å². The molecular weight excluding hydrogens is 247 g/mol. The minimum Gasteiger partial charge on any atom is -0.481 e.